The number of benzene rings is 1. The van der Waals surface area contributed by atoms with Crippen LogP contribution in [0, 0.1) is 5.41 Å². The van der Waals surface area contributed by atoms with Gasteiger partial charge in [0.2, 0.25) is 11.8 Å². The van der Waals surface area contributed by atoms with Gasteiger partial charge in [-0.05, 0) is 57.1 Å². The highest BCUT2D eigenvalue weighted by Crippen LogP contribution is 2.44. The van der Waals surface area contributed by atoms with Crippen molar-refractivity contribution in [2.75, 3.05) is 31.5 Å². The lowest BCUT2D eigenvalue weighted by atomic mass is 9.92. The number of fused-ring (bicyclic) bond motifs is 1. The van der Waals surface area contributed by atoms with E-state index in [1.54, 1.807) is 24.3 Å². The minimum atomic E-state index is -4.21. The van der Waals surface area contributed by atoms with Crippen LogP contribution in [0.3, 0.4) is 0 Å². The summed E-state index contributed by atoms with van der Waals surface area (Å²) in [6.45, 7) is 9.25. The third-order valence-electron chi connectivity index (χ3n) is 9.27. The summed E-state index contributed by atoms with van der Waals surface area (Å²) in [6, 6.07) is 5.81. The molecule has 3 aromatic rings. The first-order chi connectivity index (χ1) is 26.0. The Kier molecular flexibility index (Phi) is 12.5. The van der Waals surface area contributed by atoms with Crippen LogP contribution in [0.15, 0.2) is 29.6 Å². The van der Waals surface area contributed by atoms with E-state index in [1.165, 1.54) is 16.2 Å². The fourth-order valence-corrected chi connectivity index (χ4v) is 7.93. The number of carbonyl (C=O) groups is 3. The Morgan fingerprint density at radius 1 is 1.13 bits per heavy atom. The van der Waals surface area contributed by atoms with Gasteiger partial charge in [-0.2, -0.15) is 0 Å². The Labute approximate surface area is 323 Å². The molecule has 1 aliphatic carbocycles. The van der Waals surface area contributed by atoms with Crippen LogP contribution in [-0.2, 0) is 32.9 Å². The lowest BCUT2D eigenvalue weighted by molar-refractivity contribution is -0.136. The van der Waals surface area contributed by atoms with Crippen molar-refractivity contribution >= 4 is 52.9 Å². The predicted molar refractivity (Wildman–Crippen MR) is 203 cm³/mol. The van der Waals surface area contributed by atoms with Gasteiger partial charge < -0.3 is 49.8 Å². The van der Waals surface area contributed by atoms with E-state index in [2.05, 4.69) is 15.6 Å². The summed E-state index contributed by atoms with van der Waals surface area (Å²) in [5.74, 6) is -0.567. The molecule has 3 unspecified atom stereocenters. The van der Waals surface area contributed by atoms with E-state index < -0.39 is 57.1 Å². The minimum Gasteiger partial charge on any atom is -0.488 e. The van der Waals surface area contributed by atoms with Crippen LogP contribution in [-0.4, -0.2) is 101 Å². The van der Waals surface area contributed by atoms with Gasteiger partial charge in [-0.25, -0.2) is 14.8 Å². The first-order valence-corrected chi connectivity index (χ1v) is 20.9. The SMILES string of the molecule is CC(C)Nc1nc(-c2cc(O[C@@H]3C[C@@H](C(N)=O)N(C(=O)CNC(=O)OC4CCCC4)C3)c3ccc(OCP(=O)(O)OCOC4OC4C(C)(C)C)cc3n2)cs1. The van der Waals surface area contributed by atoms with Crippen molar-refractivity contribution in [1.29, 1.82) is 0 Å². The van der Waals surface area contributed by atoms with Crippen molar-refractivity contribution < 1.29 is 52.1 Å². The van der Waals surface area contributed by atoms with Gasteiger partial charge in [0.05, 0.1) is 17.8 Å². The highest BCUT2D eigenvalue weighted by Gasteiger charge is 2.48. The molecule has 2 saturated heterocycles. The fourth-order valence-electron chi connectivity index (χ4n) is 6.47. The van der Waals surface area contributed by atoms with Crippen LogP contribution in [0.1, 0.15) is 66.7 Å². The lowest BCUT2D eigenvalue weighted by Gasteiger charge is -2.22. The maximum atomic E-state index is 13.2. The summed E-state index contributed by atoms with van der Waals surface area (Å²) in [7, 11) is -4.21. The van der Waals surface area contributed by atoms with Gasteiger partial charge in [0.15, 0.2) is 24.6 Å². The monoisotopic (exact) mass is 804 g/mol. The molecule has 2 aromatic heterocycles. The average Bonchev–Trinajstić information content (AvgIpc) is 3.43. The van der Waals surface area contributed by atoms with Crippen LogP contribution < -0.4 is 25.8 Å². The average molecular weight is 805 g/mol. The van der Waals surface area contributed by atoms with Crippen LogP contribution in [0.2, 0.25) is 0 Å². The smallest absolute Gasteiger partial charge is 0.407 e. The van der Waals surface area contributed by atoms with E-state index in [9.17, 15) is 23.8 Å². The molecule has 0 bridgehead atoms. The number of carbonyl (C=O) groups excluding carboxylic acids is 3. The number of hydrogen-bond donors (Lipinski definition) is 4. The zero-order valence-electron chi connectivity index (χ0n) is 31.5. The molecule has 5 N–H and O–H groups in total. The molecule has 5 atom stereocenters. The number of likely N-dealkylation sites (tertiary alicyclic amines) is 1. The molecule has 19 heteroatoms. The van der Waals surface area contributed by atoms with Crippen molar-refractivity contribution in [3.63, 3.8) is 0 Å². The van der Waals surface area contributed by atoms with E-state index in [1.807, 2.05) is 40.0 Å². The second-order valence-corrected chi connectivity index (χ2v) is 17.9. The summed E-state index contributed by atoms with van der Waals surface area (Å²) < 4.78 is 46.3. The summed E-state index contributed by atoms with van der Waals surface area (Å²) in [5, 5.41) is 8.89. The second kappa shape index (κ2) is 17.0. The number of anilines is 1. The van der Waals surface area contributed by atoms with Crippen molar-refractivity contribution in [3.05, 3.63) is 29.6 Å². The summed E-state index contributed by atoms with van der Waals surface area (Å²) in [6.07, 6.45) is 0.907. The summed E-state index contributed by atoms with van der Waals surface area (Å²) in [4.78, 5) is 59.2. The Balaban J connectivity index is 1.16. The molecular weight excluding hydrogens is 755 g/mol. The number of hydrogen-bond acceptors (Lipinski definition) is 14. The quantitative estimate of drug-likeness (QED) is 0.0853. The number of aromatic nitrogens is 2. The van der Waals surface area contributed by atoms with Crippen LogP contribution in [0.5, 0.6) is 11.5 Å². The number of rotatable bonds is 16. The molecule has 2 aliphatic heterocycles. The molecule has 6 rings (SSSR count). The molecular formula is C36H49N6O11PS. The number of thiazole rings is 1. The largest absolute Gasteiger partial charge is 0.488 e. The standard InChI is InChI=1S/C36H49N6O11PS/c1-20(2)39-34-41-27(17-55-34)26-14-29(51-23-13-28(32(37)44)42(16-23)30(43)15-38-35(45)52-21-8-6-7-9-21)24-11-10-22(12-25(24)40-26)49-19-54(46,47)50-18-48-33-31(53-33)36(3,4)5/h10-12,14,17,20-21,23,28,31,33H,6-9,13,15-16,18-19H2,1-5H3,(H2,37,44)(H,38,45)(H,39,41)(H,46,47)/t23-,28+,31?,33?/m1/s1. The zero-order chi connectivity index (χ0) is 39.5. The third-order valence-corrected chi connectivity index (χ3v) is 11.0. The number of nitrogens with zero attached hydrogens (tertiary/aromatic N) is 3. The Morgan fingerprint density at radius 2 is 1.89 bits per heavy atom. The molecule has 0 radical (unpaired) electrons. The van der Waals surface area contributed by atoms with E-state index in [4.69, 9.17) is 38.9 Å². The number of nitrogens with two attached hydrogens (primary N) is 1. The third kappa shape index (κ3) is 10.8. The molecule has 3 amide bonds. The Bertz CT molecular complexity index is 1920. The van der Waals surface area contributed by atoms with Gasteiger partial charge in [-0.15, -0.1) is 11.3 Å². The topological polar surface area (TPSA) is 226 Å². The minimum absolute atomic E-state index is 0.0323. The Morgan fingerprint density at radius 3 is 2.58 bits per heavy atom. The molecule has 4 heterocycles. The van der Waals surface area contributed by atoms with Crippen molar-refractivity contribution in [1.82, 2.24) is 20.2 Å². The van der Waals surface area contributed by atoms with Gasteiger partial charge in [0, 0.05) is 35.4 Å². The van der Waals surface area contributed by atoms with Gasteiger partial charge >= 0.3 is 13.7 Å². The predicted octanol–water partition coefficient (Wildman–Crippen LogP) is 4.96. The zero-order valence-corrected chi connectivity index (χ0v) is 33.2. The number of primary amides is 1. The lowest BCUT2D eigenvalue weighted by Crippen LogP contribution is -2.47. The number of amides is 3. The maximum Gasteiger partial charge on any atom is 0.407 e. The molecule has 3 fully saturated rings. The van der Waals surface area contributed by atoms with E-state index in [-0.39, 0.29) is 48.9 Å². The van der Waals surface area contributed by atoms with E-state index in [0.717, 1.165) is 25.7 Å². The van der Waals surface area contributed by atoms with Gasteiger partial charge in [-0.1, -0.05) is 20.8 Å². The molecule has 0 spiro atoms. The van der Waals surface area contributed by atoms with Gasteiger partial charge in [-0.3, -0.25) is 18.7 Å². The van der Waals surface area contributed by atoms with Gasteiger partial charge in [0.1, 0.15) is 48.1 Å². The van der Waals surface area contributed by atoms with Crippen molar-refractivity contribution in [2.45, 2.75) is 103 Å². The Hall–Kier alpha value is -4.06. The first kappa shape index (κ1) is 40.6. The number of alkyl carbamates (subject to hydrolysis) is 1. The number of ether oxygens (including phenoxy) is 5. The van der Waals surface area contributed by atoms with E-state index in [0.29, 0.717) is 33.2 Å². The molecule has 300 valence electrons. The van der Waals surface area contributed by atoms with Crippen LogP contribution in [0.4, 0.5) is 9.93 Å². The second-order valence-electron chi connectivity index (χ2n) is 15.2. The normalized spacial score (nSPS) is 22.4. The van der Waals surface area contributed by atoms with Crippen molar-refractivity contribution in [3.8, 4) is 22.9 Å². The first-order valence-electron chi connectivity index (χ1n) is 18.3. The molecule has 17 nitrogen and oxygen atoms in total. The highest BCUT2D eigenvalue weighted by atomic mass is 32.1. The fraction of sp³-hybridized carbons (Fsp3) is 0.583. The summed E-state index contributed by atoms with van der Waals surface area (Å²) >= 11 is 1.41. The summed E-state index contributed by atoms with van der Waals surface area (Å²) in [5.41, 5.74) is 7.05. The van der Waals surface area contributed by atoms with Crippen LogP contribution >= 0.6 is 18.9 Å². The van der Waals surface area contributed by atoms with E-state index >= 15 is 0 Å². The number of nitrogens with one attached hydrogen (secondary N) is 2. The molecule has 1 aromatic carbocycles. The highest BCUT2D eigenvalue weighted by molar-refractivity contribution is 7.52. The maximum absolute atomic E-state index is 13.2. The van der Waals surface area contributed by atoms with Crippen molar-refractivity contribution in [2.24, 2.45) is 11.1 Å². The molecule has 3 aliphatic rings. The molecule has 55 heavy (non-hydrogen) atoms. The number of epoxide rings is 1. The van der Waals surface area contributed by atoms with Crippen LogP contribution in [0.25, 0.3) is 22.3 Å². The number of pyridine rings is 1. The molecule has 1 saturated carbocycles. The van der Waals surface area contributed by atoms with Gasteiger partial charge in [0.25, 0.3) is 0 Å².